The highest BCUT2D eigenvalue weighted by Gasteiger charge is 2.17. The summed E-state index contributed by atoms with van der Waals surface area (Å²) in [5.74, 6) is 0.886. The van der Waals surface area contributed by atoms with Crippen LogP contribution in [0.5, 0.6) is 0 Å². The van der Waals surface area contributed by atoms with Crippen LogP contribution in [0.4, 0.5) is 0 Å². The summed E-state index contributed by atoms with van der Waals surface area (Å²) in [5, 5.41) is 6.76. The summed E-state index contributed by atoms with van der Waals surface area (Å²) in [4.78, 5) is 0. The summed E-state index contributed by atoms with van der Waals surface area (Å²) in [6, 6.07) is 0. The number of hydrogen-bond donors (Lipinski definition) is 2. The van der Waals surface area contributed by atoms with E-state index in [2.05, 4.69) is 31.4 Å². The van der Waals surface area contributed by atoms with Gasteiger partial charge in [-0.2, -0.15) is 0 Å². The van der Waals surface area contributed by atoms with Gasteiger partial charge in [0.1, 0.15) is 0 Å². The molecule has 0 aromatic rings. The monoisotopic (exact) mass is 156 g/mol. The van der Waals surface area contributed by atoms with E-state index in [1.54, 1.807) is 0 Å². The molecule has 1 rings (SSSR count). The van der Waals surface area contributed by atoms with E-state index in [1.165, 1.54) is 19.6 Å². The lowest BCUT2D eigenvalue weighted by molar-refractivity contribution is 0.302. The van der Waals surface area contributed by atoms with E-state index in [-0.39, 0.29) is 0 Å². The summed E-state index contributed by atoms with van der Waals surface area (Å²) in [6.45, 7) is 11.5. The largest absolute Gasteiger partial charge is 0.316 e. The van der Waals surface area contributed by atoms with Crippen LogP contribution < -0.4 is 10.6 Å². The Morgan fingerprint density at radius 1 is 1.36 bits per heavy atom. The molecule has 0 aliphatic carbocycles. The van der Waals surface area contributed by atoms with Gasteiger partial charge in [-0.15, -0.1) is 0 Å². The molecule has 0 atom stereocenters. The van der Waals surface area contributed by atoms with Crippen LogP contribution >= 0.6 is 0 Å². The molecule has 0 amide bonds. The van der Waals surface area contributed by atoms with Crippen LogP contribution in [0.2, 0.25) is 0 Å². The maximum Gasteiger partial charge on any atom is 0.000403 e. The zero-order valence-corrected chi connectivity index (χ0v) is 7.91. The van der Waals surface area contributed by atoms with Crippen LogP contribution in [-0.2, 0) is 0 Å². The Kier molecular flexibility index (Phi) is 2.90. The molecule has 1 heterocycles. The Balaban J connectivity index is 1.95. The second-order valence-corrected chi connectivity index (χ2v) is 4.72. The van der Waals surface area contributed by atoms with Crippen molar-refractivity contribution in [2.75, 3.05) is 26.2 Å². The predicted octanol–water partition coefficient (Wildman–Crippen LogP) is 0.842. The number of rotatable bonds is 3. The van der Waals surface area contributed by atoms with E-state index in [1.807, 2.05) is 0 Å². The van der Waals surface area contributed by atoms with Crippen molar-refractivity contribution in [3.8, 4) is 0 Å². The van der Waals surface area contributed by atoms with Crippen molar-refractivity contribution in [1.29, 1.82) is 0 Å². The molecule has 1 fully saturated rings. The first-order chi connectivity index (χ1) is 5.08. The molecule has 66 valence electrons. The third-order valence-electron chi connectivity index (χ3n) is 1.95. The van der Waals surface area contributed by atoms with Crippen molar-refractivity contribution in [1.82, 2.24) is 10.6 Å². The zero-order valence-electron chi connectivity index (χ0n) is 7.91. The van der Waals surface area contributed by atoms with Gasteiger partial charge in [0.05, 0.1) is 0 Å². The van der Waals surface area contributed by atoms with Crippen LogP contribution in [0, 0.1) is 11.3 Å². The van der Waals surface area contributed by atoms with Crippen LogP contribution in [0.25, 0.3) is 0 Å². The molecule has 0 radical (unpaired) electrons. The maximum absolute atomic E-state index is 3.49. The molecule has 0 aromatic carbocycles. The van der Waals surface area contributed by atoms with E-state index in [9.17, 15) is 0 Å². The minimum atomic E-state index is 0.428. The molecule has 11 heavy (non-hydrogen) atoms. The summed E-state index contributed by atoms with van der Waals surface area (Å²) >= 11 is 0. The number of nitrogens with one attached hydrogen (secondary N) is 2. The quantitative estimate of drug-likeness (QED) is 0.633. The van der Waals surface area contributed by atoms with E-state index >= 15 is 0 Å². The molecule has 0 unspecified atom stereocenters. The van der Waals surface area contributed by atoms with Crippen LogP contribution in [0.1, 0.15) is 20.8 Å². The predicted molar refractivity (Wildman–Crippen MR) is 48.7 cm³/mol. The van der Waals surface area contributed by atoms with Gasteiger partial charge in [0.25, 0.3) is 0 Å². The first-order valence-electron chi connectivity index (χ1n) is 4.49. The Labute approximate surface area is 69.8 Å². The Bertz CT molecular complexity index is 111. The smallest absolute Gasteiger partial charge is 0.000403 e. The topological polar surface area (TPSA) is 24.1 Å². The highest BCUT2D eigenvalue weighted by Crippen LogP contribution is 2.10. The Morgan fingerprint density at radius 2 is 2.00 bits per heavy atom. The average Bonchev–Trinajstić information content (AvgIpc) is 1.73. The fourth-order valence-electron chi connectivity index (χ4n) is 1.14. The van der Waals surface area contributed by atoms with E-state index < -0.39 is 0 Å². The maximum atomic E-state index is 3.49. The van der Waals surface area contributed by atoms with Gasteiger partial charge in [0.2, 0.25) is 0 Å². The molecule has 1 saturated heterocycles. The summed E-state index contributed by atoms with van der Waals surface area (Å²) in [5.41, 5.74) is 0.428. The van der Waals surface area contributed by atoms with E-state index in [4.69, 9.17) is 0 Å². The van der Waals surface area contributed by atoms with E-state index in [0.29, 0.717) is 5.41 Å². The van der Waals surface area contributed by atoms with Gasteiger partial charge in [0.15, 0.2) is 0 Å². The lowest BCUT2D eigenvalue weighted by Gasteiger charge is -2.29. The first kappa shape index (κ1) is 9.01. The van der Waals surface area contributed by atoms with Crippen molar-refractivity contribution in [3.05, 3.63) is 0 Å². The fourth-order valence-corrected chi connectivity index (χ4v) is 1.14. The highest BCUT2D eigenvalue weighted by molar-refractivity contribution is 4.77. The minimum Gasteiger partial charge on any atom is -0.316 e. The Hall–Kier alpha value is -0.0800. The molecule has 2 nitrogen and oxygen atoms in total. The van der Waals surface area contributed by atoms with Gasteiger partial charge in [-0.3, -0.25) is 0 Å². The molecular formula is C9H20N2. The van der Waals surface area contributed by atoms with Gasteiger partial charge in [0, 0.05) is 26.2 Å². The lowest BCUT2D eigenvalue weighted by Crippen LogP contribution is -2.48. The van der Waals surface area contributed by atoms with Crippen molar-refractivity contribution in [2.24, 2.45) is 11.3 Å². The Morgan fingerprint density at radius 3 is 2.36 bits per heavy atom. The third kappa shape index (κ3) is 3.73. The lowest BCUT2D eigenvalue weighted by atomic mass is 9.96. The second kappa shape index (κ2) is 3.55. The van der Waals surface area contributed by atoms with Gasteiger partial charge >= 0.3 is 0 Å². The second-order valence-electron chi connectivity index (χ2n) is 4.72. The van der Waals surface area contributed by atoms with Crippen LogP contribution in [-0.4, -0.2) is 26.2 Å². The molecule has 2 N–H and O–H groups in total. The molecule has 0 spiro atoms. The molecule has 1 aliphatic heterocycles. The molecule has 1 aliphatic rings. The molecule has 0 saturated carbocycles. The standard InChI is InChI=1S/C9H20N2/c1-9(2,3)7-11-6-8-4-10-5-8/h8,10-11H,4-7H2,1-3H3. The zero-order chi connectivity index (χ0) is 8.32. The van der Waals surface area contributed by atoms with Crippen molar-refractivity contribution in [3.63, 3.8) is 0 Å². The molecule has 2 heteroatoms. The summed E-state index contributed by atoms with van der Waals surface area (Å²) < 4.78 is 0. The fraction of sp³-hybridized carbons (Fsp3) is 1.00. The van der Waals surface area contributed by atoms with Gasteiger partial charge in [-0.05, 0) is 11.3 Å². The third-order valence-corrected chi connectivity index (χ3v) is 1.95. The van der Waals surface area contributed by atoms with Gasteiger partial charge in [-0.1, -0.05) is 20.8 Å². The SMILES string of the molecule is CC(C)(C)CNCC1CNC1. The minimum absolute atomic E-state index is 0.428. The molecule has 0 aromatic heterocycles. The van der Waals surface area contributed by atoms with Crippen molar-refractivity contribution < 1.29 is 0 Å². The van der Waals surface area contributed by atoms with Crippen molar-refractivity contribution >= 4 is 0 Å². The number of hydrogen-bond acceptors (Lipinski definition) is 2. The normalized spacial score (nSPS) is 19.9. The highest BCUT2D eigenvalue weighted by atomic mass is 15.0. The summed E-state index contributed by atoms with van der Waals surface area (Å²) in [6.07, 6.45) is 0. The first-order valence-corrected chi connectivity index (χ1v) is 4.49. The molecule has 0 bridgehead atoms. The molecular weight excluding hydrogens is 136 g/mol. The van der Waals surface area contributed by atoms with Crippen LogP contribution in [0.15, 0.2) is 0 Å². The van der Waals surface area contributed by atoms with Crippen LogP contribution in [0.3, 0.4) is 0 Å². The van der Waals surface area contributed by atoms with Gasteiger partial charge < -0.3 is 10.6 Å². The van der Waals surface area contributed by atoms with Gasteiger partial charge in [-0.25, -0.2) is 0 Å². The summed E-state index contributed by atoms with van der Waals surface area (Å²) in [7, 11) is 0. The van der Waals surface area contributed by atoms with Crippen molar-refractivity contribution in [2.45, 2.75) is 20.8 Å². The average molecular weight is 156 g/mol. The van der Waals surface area contributed by atoms with E-state index in [0.717, 1.165) is 12.5 Å².